The van der Waals surface area contributed by atoms with E-state index in [2.05, 4.69) is 30.6 Å². The van der Waals surface area contributed by atoms with Crippen molar-refractivity contribution in [2.75, 3.05) is 71.3 Å². The van der Waals surface area contributed by atoms with Crippen molar-refractivity contribution in [3.8, 4) is 0 Å². The number of hydrogen-bond donors (Lipinski definition) is 10. The van der Waals surface area contributed by atoms with Crippen molar-refractivity contribution in [2.45, 2.75) is 31.9 Å². The molecule has 0 aliphatic rings. The maximum atomic E-state index is 14.3. The Hall–Kier alpha value is -4.50. The summed E-state index contributed by atoms with van der Waals surface area (Å²) in [5, 5.41) is 4.73. The first-order valence-electron chi connectivity index (χ1n) is 15.8. The van der Waals surface area contributed by atoms with Crippen LogP contribution in [0.2, 0.25) is 0 Å². The third-order valence-corrected chi connectivity index (χ3v) is 11.3. The number of aliphatic imine (C=N–C) groups is 2. The number of thioether (sulfide) groups is 4. The number of halogens is 6. The van der Waals surface area contributed by atoms with Gasteiger partial charge < -0.3 is 56.5 Å². The molecule has 16 nitrogen and oxygen atoms in total. The van der Waals surface area contributed by atoms with Crippen LogP contribution in [0, 0.1) is 0 Å². The van der Waals surface area contributed by atoms with Gasteiger partial charge in [-0.1, -0.05) is 0 Å². The monoisotopic (exact) mass is 868 g/mol. The van der Waals surface area contributed by atoms with Crippen LogP contribution in [0.5, 0.6) is 0 Å². The van der Waals surface area contributed by atoms with Gasteiger partial charge in [0.1, 0.15) is 17.7 Å². The van der Waals surface area contributed by atoms with Crippen LogP contribution in [0.3, 0.4) is 0 Å². The van der Waals surface area contributed by atoms with E-state index in [9.17, 15) is 35.9 Å². The van der Waals surface area contributed by atoms with Crippen molar-refractivity contribution >= 4 is 93.5 Å². The molecule has 1 aromatic heterocycles. The van der Waals surface area contributed by atoms with Crippen molar-refractivity contribution in [1.82, 2.24) is 9.97 Å². The first kappa shape index (κ1) is 45.9. The number of carbonyl (C=O) groups excluding carboxylic acids is 2. The number of carbonyl (C=O) groups is 2. The minimum Gasteiger partial charge on any atom is -0.397 e. The number of nitrogens with two attached hydrogens (primary N) is 8. The van der Waals surface area contributed by atoms with Gasteiger partial charge in [-0.2, -0.15) is 26.3 Å². The number of aromatic nitrogens is 2. The van der Waals surface area contributed by atoms with Crippen LogP contribution in [-0.4, -0.2) is 82.9 Å². The molecule has 0 radical (unpaired) electrons. The SMILES string of the molecule is NCCSc1c(NC(=O)c2cc(C(=O)Nc3cc(C(F)(F)F)c(SCCN=C(N)N)c(N)c3SCCN)ncn2)cc(C(F)(F)F)c(SCCN=C(N)N)c1N. The van der Waals surface area contributed by atoms with Gasteiger partial charge in [0.15, 0.2) is 11.9 Å². The van der Waals surface area contributed by atoms with Gasteiger partial charge in [-0.15, -0.1) is 47.0 Å². The van der Waals surface area contributed by atoms with E-state index in [4.69, 9.17) is 45.9 Å². The first-order chi connectivity index (χ1) is 26.3. The summed E-state index contributed by atoms with van der Waals surface area (Å²) >= 11 is 3.49. The van der Waals surface area contributed by atoms with Crippen LogP contribution in [0.1, 0.15) is 32.1 Å². The highest BCUT2D eigenvalue weighted by Crippen LogP contribution is 2.48. The fraction of sp³-hybridized carbons (Fsp3) is 0.333. The molecule has 2 amide bonds. The van der Waals surface area contributed by atoms with Crippen LogP contribution >= 0.6 is 47.0 Å². The molecule has 0 spiro atoms. The summed E-state index contributed by atoms with van der Waals surface area (Å²) < 4.78 is 85.8. The molecule has 1 heterocycles. The number of alkyl halides is 6. The molecule has 26 heteroatoms. The van der Waals surface area contributed by atoms with E-state index in [1.165, 1.54) is 0 Å². The highest BCUT2D eigenvalue weighted by atomic mass is 32.2. The predicted octanol–water partition coefficient (Wildman–Crippen LogP) is 3.02. The molecule has 0 aliphatic carbocycles. The Morgan fingerprint density at radius 1 is 0.607 bits per heavy atom. The summed E-state index contributed by atoms with van der Waals surface area (Å²) in [5.41, 5.74) is 40.5. The molecule has 0 atom stereocenters. The van der Waals surface area contributed by atoms with E-state index in [0.29, 0.717) is 12.1 Å². The number of benzene rings is 2. The lowest BCUT2D eigenvalue weighted by Gasteiger charge is -2.21. The van der Waals surface area contributed by atoms with Crippen molar-refractivity contribution in [3.05, 3.63) is 47.0 Å². The summed E-state index contributed by atoms with van der Waals surface area (Å²) in [7, 11) is 0. The van der Waals surface area contributed by atoms with Crippen LogP contribution in [0.25, 0.3) is 0 Å². The largest absolute Gasteiger partial charge is 0.417 e. The molecule has 0 fully saturated rings. The number of guanidine groups is 2. The quantitative estimate of drug-likeness (QED) is 0.0219. The molecule has 3 aromatic rings. The highest BCUT2D eigenvalue weighted by molar-refractivity contribution is 8.01. The lowest BCUT2D eigenvalue weighted by Crippen LogP contribution is -2.23. The molecular formula is C30H38F6N14O2S4. The van der Waals surface area contributed by atoms with E-state index in [1.807, 2.05) is 0 Å². The maximum absolute atomic E-state index is 14.3. The number of nitrogen functional groups attached to an aromatic ring is 2. The lowest BCUT2D eigenvalue weighted by molar-refractivity contribution is -0.140. The molecule has 0 bridgehead atoms. The van der Waals surface area contributed by atoms with E-state index in [1.54, 1.807) is 0 Å². The summed E-state index contributed by atoms with van der Waals surface area (Å²) in [6.07, 6.45) is -9.01. The number of nitrogens with zero attached hydrogens (tertiary/aromatic N) is 4. The van der Waals surface area contributed by atoms with Gasteiger partial charge in [-0.25, -0.2) is 9.97 Å². The zero-order valence-electron chi connectivity index (χ0n) is 29.1. The van der Waals surface area contributed by atoms with Crippen molar-refractivity contribution in [1.29, 1.82) is 0 Å². The zero-order valence-corrected chi connectivity index (χ0v) is 32.4. The average molecular weight is 869 g/mol. The molecule has 0 saturated heterocycles. The zero-order chi connectivity index (χ0) is 41.8. The Morgan fingerprint density at radius 2 is 0.964 bits per heavy atom. The fourth-order valence-electron chi connectivity index (χ4n) is 4.51. The summed E-state index contributed by atoms with van der Waals surface area (Å²) in [6.45, 7) is 0.209. The van der Waals surface area contributed by atoms with E-state index < -0.39 is 46.7 Å². The topological polar surface area (TPSA) is 317 Å². The molecule has 2 aromatic carbocycles. The molecule has 56 heavy (non-hydrogen) atoms. The molecule has 0 unspecified atom stereocenters. The molecule has 306 valence electrons. The molecule has 18 N–H and O–H groups in total. The Labute approximate surface area is 333 Å². The van der Waals surface area contributed by atoms with Crippen LogP contribution in [0.4, 0.5) is 49.1 Å². The average Bonchev–Trinajstić information content (AvgIpc) is 3.11. The van der Waals surface area contributed by atoms with Gasteiger partial charge in [0.2, 0.25) is 0 Å². The Bertz CT molecular complexity index is 1810. The Morgan fingerprint density at radius 3 is 1.29 bits per heavy atom. The molecule has 0 saturated carbocycles. The minimum absolute atomic E-state index is 0.00592. The normalized spacial score (nSPS) is 11.6. The Kier molecular flexibility index (Phi) is 16.9. The smallest absolute Gasteiger partial charge is 0.397 e. The second-order valence-electron chi connectivity index (χ2n) is 10.9. The standard InChI is InChI=1S/C30H38F6N14O2S4/c31-29(32,33)13-9-15(23(53-5-1-37)19(39)21(13)55-7-3-45-27(41)42)49-25(51)17-11-18(48-12-47-17)26(52)50-16-10-14(30(34,35)36)22(56-8-4-46-28(43)44)20(40)24(16)54-6-2-38/h9-12H,1-8,37-40H2,(H,49,51)(H,50,52)(H4,41,42,45)(H4,43,44,46). The van der Waals surface area contributed by atoms with Gasteiger partial charge in [-0.05, 0) is 12.1 Å². The summed E-state index contributed by atoms with van der Waals surface area (Å²) in [4.78, 5) is 41.6. The van der Waals surface area contributed by atoms with Crippen molar-refractivity contribution < 1.29 is 35.9 Å². The van der Waals surface area contributed by atoms with E-state index >= 15 is 0 Å². The van der Waals surface area contributed by atoms with E-state index in [-0.39, 0.29) is 103 Å². The van der Waals surface area contributed by atoms with Crippen LogP contribution in [-0.2, 0) is 12.4 Å². The summed E-state index contributed by atoms with van der Waals surface area (Å²) in [6, 6.07) is 2.31. The number of nitrogens with one attached hydrogen (secondary N) is 2. The van der Waals surface area contributed by atoms with Gasteiger partial charge in [-0.3, -0.25) is 19.6 Å². The van der Waals surface area contributed by atoms with Crippen LogP contribution < -0.4 is 56.5 Å². The third-order valence-electron chi connectivity index (χ3n) is 6.77. The Balaban J connectivity index is 2.01. The number of anilines is 4. The van der Waals surface area contributed by atoms with Crippen LogP contribution in [0.15, 0.2) is 54.1 Å². The lowest BCUT2D eigenvalue weighted by atomic mass is 10.1. The molecule has 3 rings (SSSR count). The first-order valence-corrected chi connectivity index (χ1v) is 19.8. The summed E-state index contributed by atoms with van der Waals surface area (Å²) in [5.74, 6) is -2.15. The number of hydrogen-bond acceptors (Lipinski definition) is 14. The van der Waals surface area contributed by atoms with Gasteiger partial charge in [0, 0.05) is 52.0 Å². The maximum Gasteiger partial charge on any atom is 0.417 e. The van der Waals surface area contributed by atoms with E-state index in [0.717, 1.165) is 59.4 Å². The fourth-order valence-corrected chi connectivity index (χ4v) is 8.28. The minimum atomic E-state index is -4.91. The predicted molar refractivity (Wildman–Crippen MR) is 212 cm³/mol. The second-order valence-corrected chi connectivity index (χ2v) is 15.3. The molecule has 0 aliphatic heterocycles. The van der Waals surface area contributed by atoms with Gasteiger partial charge >= 0.3 is 12.4 Å². The third kappa shape index (κ3) is 12.8. The van der Waals surface area contributed by atoms with Gasteiger partial charge in [0.25, 0.3) is 11.8 Å². The van der Waals surface area contributed by atoms with Crippen molar-refractivity contribution in [3.63, 3.8) is 0 Å². The van der Waals surface area contributed by atoms with Gasteiger partial charge in [0.05, 0.1) is 56.8 Å². The van der Waals surface area contributed by atoms with Crippen molar-refractivity contribution in [2.24, 2.45) is 44.4 Å². The molecular weight excluding hydrogens is 831 g/mol. The number of amides is 2. The highest BCUT2D eigenvalue weighted by Gasteiger charge is 2.38. The number of rotatable bonds is 18. The second kappa shape index (κ2) is 20.6.